The van der Waals surface area contributed by atoms with Crippen molar-refractivity contribution in [1.82, 2.24) is 4.98 Å². The number of amides is 1. The van der Waals surface area contributed by atoms with Gasteiger partial charge in [-0.2, -0.15) is 0 Å². The average Bonchev–Trinajstić information content (AvgIpc) is 3.04. The number of aromatic nitrogens is 1. The normalized spacial score (nSPS) is 17.5. The van der Waals surface area contributed by atoms with Crippen LogP contribution in [0.2, 0.25) is 0 Å². The number of methoxy groups -OCH3 is 1. The standard InChI is InChI=1S/C17H19N3O2/c1-22-13-6-4-12(5-7-13)15-3-2-10-20(15)16-8-9-19-11-14(16)17(18)21/h4-9,11,15H,2-3,10H2,1H3,(H2,18,21). The molecule has 2 aromatic rings. The first kappa shape index (κ1) is 14.4. The smallest absolute Gasteiger partial charge is 0.252 e. The number of nitrogens with two attached hydrogens (primary N) is 1. The van der Waals surface area contributed by atoms with Crippen LogP contribution >= 0.6 is 0 Å². The summed E-state index contributed by atoms with van der Waals surface area (Å²) in [6.07, 6.45) is 5.37. The molecule has 1 saturated heterocycles. The van der Waals surface area contributed by atoms with Gasteiger partial charge in [0.05, 0.1) is 24.4 Å². The first-order valence-electron chi connectivity index (χ1n) is 7.35. The van der Waals surface area contributed by atoms with Crippen LogP contribution in [-0.4, -0.2) is 24.5 Å². The number of benzene rings is 1. The first-order chi connectivity index (χ1) is 10.7. The van der Waals surface area contributed by atoms with E-state index in [1.165, 1.54) is 5.56 Å². The van der Waals surface area contributed by atoms with Crippen LogP contribution in [0, 0.1) is 0 Å². The molecule has 1 unspecified atom stereocenters. The number of nitrogens with zero attached hydrogens (tertiary/aromatic N) is 2. The average molecular weight is 297 g/mol. The molecule has 1 aliphatic rings. The van der Waals surface area contributed by atoms with E-state index in [9.17, 15) is 4.79 Å². The van der Waals surface area contributed by atoms with Gasteiger partial charge < -0.3 is 15.4 Å². The van der Waals surface area contributed by atoms with Gasteiger partial charge in [0.25, 0.3) is 5.91 Å². The molecule has 1 atom stereocenters. The summed E-state index contributed by atoms with van der Waals surface area (Å²) in [4.78, 5) is 17.9. The lowest BCUT2D eigenvalue weighted by Gasteiger charge is -2.28. The zero-order chi connectivity index (χ0) is 15.5. The van der Waals surface area contributed by atoms with Crippen LogP contribution in [-0.2, 0) is 0 Å². The molecular formula is C17H19N3O2. The maximum Gasteiger partial charge on any atom is 0.252 e. The first-order valence-corrected chi connectivity index (χ1v) is 7.35. The van der Waals surface area contributed by atoms with Crippen LogP contribution in [0.25, 0.3) is 0 Å². The number of hydrogen-bond acceptors (Lipinski definition) is 4. The van der Waals surface area contributed by atoms with Gasteiger partial charge in [0.1, 0.15) is 5.75 Å². The second kappa shape index (κ2) is 6.05. The van der Waals surface area contributed by atoms with Gasteiger partial charge in [-0.05, 0) is 36.6 Å². The summed E-state index contributed by atoms with van der Waals surface area (Å²) in [6, 6.07) is 10.2. The Bertz CT molecular complexity index is 670. The van der Waals surface area contributed by atoms with Crippen molar-refractivity contribution in [3.63, 3.8) is 0 Å². The molecule has 0 radical (unpaired) electrons. The van der Waals surface area contributed by atoms with Crippen LogP contribution in [0.5, 0.6) is 5.75 Å². The topological polar surface area (TPSA) is 68.4 Å². The highest BCUT2D eigenvalue weighted by atomic mass is 16.5. The highest BCUT2D eigenvalue weighted by Crippen LogP contribution is 2.37. The zero-order valence-corrected chi connectivity index (χ0v) is 12.5. The van der Waals surface area contributed by atoms with Gasteiger partial charge in [-0.15, -0.1) is 0 Å². The van der Waals surface area contributed by atoms with E-state index in [0.29, 0.717) is 5.56 Å². The van der Waals surface area contributed by atoms with Crippen molar-refractivity contribution < 1.29 is 9.53 Å². The molecule has 22 heavy (non-hydrogen) atoms. The predicted octanol–water partition coefficient (Wildman–Crippen LogP) is 2.53. The fraction of sp³-hybridized carbons (Fsp3) is 0.294. The van der Waals surface area contributed by atoms with Crippen LogP contribution in [0.3, 0.4) is 0 Å². The lowest BCUT2D eigenvalue weighted by Crippen LogP contribution is -2.26. The van der Waals surface area contributed by atoms with Gasteiger partial charge in [-0.3, -0.25) is 9.78 Å². The molecule has 5 nitrogen and oxygen atoms in total. The number of primary amides is 1. The number of carbonyl (C=O) groups is 1. The predicted molar refractivity (Wildman–Crippen MR) is 85.1 cm³/mol. The number of carbonyl (C=O) groups excluding carboxylic acids is 1. The van der Waals surface area contributed by atoms with Crippen LogP contribution in [0.15, 0.2) is 42.7 Å². The highest BCUT2D eigenvalue weighted by molar-refractivity contribution is 5.98. The third kappa shape index (κ3) is 2.62. The molecular weight excluding hydrogens is 278 g/mol. The number of rotatable bonds is 4. The minimum atomic E-state index is -0.441. The molecule has 2 N–H and O–H groups in total. The van der Waals surface area contributed by atoms with E-state index in [0.717, 1.165) is 30.8 Å². The second-order valence-electron chi connectivity index (χ2n) is 5.38. The monoisotopic (exact) mass is 297 g/mol. The van der Waals surface area contributed by atoms with Crippen molar-refractivity contribution in [3.05, 3.63) is 53.9 Å². The van der Waals surface area contributed by atoms with Crippen molar-refractivity contribution in [2.24, 2.45) is 5.73 Å². The van der Waals surface area contributed by atoms with Crippen molar-refractivity contribution in [2.75, 3.05) is 18.6 Å². The number of pyridine rings is 1. The van der Waals surface area contributed by atoms with Crippen LogP contribution in [0.1, 0.15) is 34.8 Å². The Balaban J connectivity index is 1.94. The molecule has 0 saturated carbocycles. The second-order valence-corrected chi connectivity index (χ2v) is 5.38. The molecule has 3 rings (SSSR count). The Morgan fingerprint density at radius 1 is 1.32 bits per heavy atom. The van der Waals surface area contributed by atoms with Crippen molar-refractivity contribution >= 4 is 11.6 Å². The zero-order valence-electron chi connectivity index (χ0n) is 12.5. The fourth-order valence-electron chi connectivity index (χ4n) is 3.06. The molecule has 1 aromatic heterocycles. The lowest BCUT2D eigenvalue weighted by molar-refractivity contribution is 0.100. The molecule has 1 aromatic carbocycles. The highest BCUT2D eigenvalue weighted by Gasteiger charge is 2.28. The van der Waals surface area contributed by atoms with Gasteiger partial charge >= 0.3 is 0 Å². The summed E-state index contributed by atoms with van der Waals surface area (Å²) in [6.45, 7) is 0.904. The Kier molecular flexibility index (Phi) is 3.96. The van der Waals surface area contributed by atoms with Gasteiger partial charge in [-0.25, -0.2) is 0 Å². The number of ether oxygens (including phenoxy) is 1. The van der Waals surface area contributed by atoms with E-state index in [1.54, 1.807) is 19.5 Å². The summed E-state index contributed by atoms with van der Waals surface area (Å²) in [5.41, 5.74) is 8.03. The Labute approximate surface area is 129 Å². The van der Waals surface area contributed by atoms with Crippen molar-refractivity contribution in [1.29, 1.82) is 0 Å². The molecule has 1 amide bonds. The summed E-state index contributed by atoms with van der Waals surface area (Å²) in [5.74, 6) is 0.401. The van der Waals surface area contributed by atoms with E-state index in [4.69, 9.17) is 10.5 Å². The van der Waals surface area contributed by atoms with Gasteiger partial charge in [0, 0.05) is 18.9 Å². The van der Waals surface area contributed by atoms with Crippen molar-refractivity contribution in [3.8, 4) is 5.75 Å². The third-order valence-corrected chi connectivity index (χ3v) is 4.13. The Morgan fingerprint density at radius 2 is 2.09 bits per heavy atom. The SMILES string of the molecule is COc1ccc(C2CCCN2c2ccncc2C(N)=O)cc1. The summed E-state index contributed by atoms with van der Waals surface area (Å²) in [7, 11) is 1.66. The van der Waals surface area contributed by atoms with Crippen LogP contribution < -0.4 is 15.4 Å². The molecule has 114 valence electrons. The van der Waals surface area contributed by atoms with E-state index >= 15 is 0 Å². The quantitative estimate of drug-likeness (QED) is 0.941. The third-order valence-electron chi connectivity index (χ3n) is 4.13. The van der Waals surface area contributed by atoms with Crippen LogP contribution in [0.4, 0.5) is 5.69 Å². The van der Waals surface area contributed by atoms with Crippen molar-refractivity contribution in [2.45, 2.75) is 18.9 Å². The van der Waals surface area contributed by atoms with Gasteiger partial charge in [0.15, 0.2) is 0 Å². The van der Waals surface area contributed by atoms with E-state index in [2.05, 4.69) is 22.0 Å². The van der Waals surface area contributed by atoms with E-state index in [-0.39, 0.29) is 6.04 Å². The largest absolute Gasteiger partial charge is 0.497 e. The molecule has 0 spiro atoms. The van der Waals surface area contributed by atoms with E-state index in [1.807, 2.05) is 18.2 Å². The molecule has 5 heteroatoms. The maximum atomic E-state index is 11.6. The molecule has 1 aliphatic heterocycles. The molecule has 0 aliphatic carbocycles. The maximum absolute atomic E-state index is 11.6. The fourth-order valence-corrected chi connectivity index (χ4v) is 3.06. The summed E-state index contributed by atoms with van der Waals surface area (Å²) < 4.78 is 5.21. The van der Waals surface area contributed by atoms with Gasteiger partial charge in [-0.1, -0.05) is 12.1 Å². The van der Waals surface area contributed by atoms with E-state index < -0.39 is 5.91 Å². The summed E-state index contributed by atoms with van der Waals surface area (Å²) in [5, 5.41) is 0. The minimum Gasteiger partial charge on any atom is -0.497 e. The summed E-state index contributed by atoms with van der Waals surface area (Å²) >= 11 is 0. The Morgan fingerprint density at radius 3 is 2.77 bits per heavy atom. The Hall–Kier alpha value is -2.56. The lowest BCUT2D eigenvalue weighted by atomic mass is 10.0. The molecule has 1 fully saturated rings. The number of hydrogen-bond donors (Lipinski definition) is 1. The number of anilines is 1. The van der Waals surface area contributed by atoms with Gasteiger partial charge in [0.2, 0.25) is 0 Å². The molecule has 0 bridgehead atoms. The molecule has 2 heterocycles. The minimum absolute atomic E-state index is 0.242.